The first kappa shape index (κ1) is 15.3. The summed E-state index contributed by atoms with van der Waals surface area (Å²) in [5.74, 6) is 0.183. The van der Waals surface area contributed by atoms with Gasteiger partial charge in [0.1, 0.15) is 0 Å². The third kappa shape index (κ3) is 2.49. The zero-order valence-electron chi connectivity index (χ0n) is 12.3. The highest BCUT2D eigenvalue weighted by molar-refractivity contribution is 6.38. The Kier molecular flexibility index (Phi) is 4.11. The number of aromatic nitrogens is 2. The van der Waals surface area contributed by atoms with Crippen molar-refractivity contribution in [3.05, 3.63) is 50.6 Å². The van der Waals surface area contributed by atoms with Crippen LogP contribution in [-0.4, -0.2) is 15.7 Å². The molecule has 1 saturated carbocycles. The van der Waals surface area contributed by atoms with Gasteiger partial charge in [0.05, 0.1) is 21.6 Å². The third-order valence-corrected chi connectivity index (χ3v) is 4.54. The Labute approximate surface area is 138 Å². The van der Waals surface area contributed by atoms with Gasteiger partial charge in [0.15, 0.2) is 0 Å². The molecule has 0 atom stereocenters. The standard InChI is InChI=1S/C17H16Cl2N2O/c1-3-15-13(9-18)10(2)21(20-15)17(22)16-12(11-7-8-11)5-4-6-14(16)19/h4-6,9,11H,2-3,7-8H2,1H3. The van der Waals surface area contributed by atoms with E-state index in [4.69, 9.17) is 23.2 Å². The maximum atomic E-state index is 13.0. The van der Waals surface area contributed by atoms with Crippen LogP contribution in [0.15, 0.2) is 18.2 Å². The van der Waals surface area contributed by atoms with Crippen molar-refractivity contribution >= 4 is 41.2 Å². The van der Waals surface area contributed by atoms with Crippen LogP contribution >= 0.6 is 23.2 Å². The zero-order chi connectivity index (χ0) is 15.9. The van der Waals surface area contributed by atoms with E-state index in [2.05, 4.69) is 11.7 Å². The number of nitrogens with zero attached hydrogens (tertiary/aromatic N) is 2. The molecule has 1 aliphatic rings. The molecule has 3 rings (SSSR count). The van der Waals surface area contributed by atoms with Crippen molar-refractivity contribution in [3.63, 3.8) is 0 Å². The van der Waals surface area contributed by atoms with Crippen LogP contribution in [0.3, 0.4) is 0 Å². The fourth-order valence-electron chi connectivity index (χ4n) is 2.68. The van der Waals surface area contributed by atoms with Crippen molar-refractivity contribution in [2.75, 3.05) is 0 Å². The highest BCUT2D eigenvalue weighted by Crippen LogP contribution is 2.43. The summed E-state index contributed by atoms with van der Waals surface area (Å²) in [4.78, 5) is 13.0. The van der Waals surface area contributed by atoms with Crippen LogP contribution in [0, 0.1) is 0 Å². The number of hydrogen-bond acceptors (Lipinski definition) is 2. The zero-order valence-corrected chi connectivity index (χ0v) is 13.8. The maximum Gasteiger partial charge on any atom is 0.280 e. The lowest BCUT2D eigenvalue weighted by Crippen LogP contribution is -2.33. The predicted octanol–water partition coefficient (Wildman–Crippen LogP) is 3.05. The van der Waals surface area contributed by atoms with Crippen LogP contribution < -0.4 is 10.6 Å². The van der Waals surface area contributed by atoms with E-state index < -0.39 is 0 Å². The fraction of sp³-hybridized carbons (Fsp3) is 0.294. The van der Waals surface area contributed by atoms with Crippen LogP contribution in [-0.2, 0) is 6.42 Å². The van der Waals surface area contributed by atoms with Crippen LogP contribution in [0.1, 0.15) is 47.3 Å². The lowest BCUT2D eigenvalue weighted by atomic mass is 10.0. The van der Waals surface area contributed by atoms with Crippen molar-refractivity contribution < 1.29 is 4.79 Å². The summed E-state index contributed by atoms with van der Waals surface area (Å²) >= 11 is 12.1. The second kappa shape index (κ2) is 5.90. The summed E-state index contributed by atoms with van der Waals surface area (Å²) in [5, 5.41) is 6.03. The SMILES string of the molecule is C=c1c(=CCl)c(CC)nn1C(=O)c1c(Cl)cccc1C1CC1. The van der Waals surface area contributed by atoms with Gasteiger partial charge in [-0.1, -0.05) is 48.8 Å². The Morgan fingerprint density at radius 3 is 2.77 bits per heavy atom. The molecule has 0 spiro atoms. The summed E-state index contributed by atoms with van der Waals surface area (Å²) in [6.07, 6.45) is 2.87. The monoisotopic (exact) mass is 334 g/mol. The molecule has 0 aliphatic heterocycles. The Morgan fingerprint density at radius 1 is 1.50 bits per heavy atom. The van der Waals surface area contributed by atoms with E-state index in [9.17, 15) is 4.79 Å². The Bertz CT molecular complexity index is 850. The predicted molar refractivity (Wildman–Crippen MR) is 89.9 cm³/mol. The normalized spacial score (nSPS) is 15.3. The lowest BCUT2D eigenvalue weighted by molar-refractivity contribution is 0.0940. The lowest BCUT2D eigenvalue weighted by Gasteiger charge is -2.09. The summed E-state index contributed by atoms with van der Waals surface area (Å²) in [7, 11) is 0. The van der Waals surface area contributed by atoms with E-state index in [1.54, 1.807) is 6.07 Å². The highest BCUT2D eigenvalue weighted by atomic mass is 35.5. The maximum absolute atomic E-state index is 13.0. The summed E-state index contributed by atoms with van der Waals surface area (Å²) < 4.78 is 1.32. The van der Waals surface area contributed by atoms with Crippen LogP contribution in [0.5, 0.6) is 0 Å². The molecule has 0 N–H and O–H groups in total. The van der Waals surface area contributed by atoms with Gasteiger partial charge < -0.3 is 0 Å². The number of aryl methyl sites for hydroxylation is 1. The smallest absolute Gasteiger partial charge is 0.267 e. The van der Waals surface area contributed by atoms with Gasteiger partial charge in [-0.3, -0.25) is 4.79 Å². The van der Waals surface area contributed by atoms with E-state index in [-0.39, 0.29) is 5.91 Å². The van der Waals surface area contributed by atoms with E-state index in [0.717, 1.165) is 24.1 Å². The Morgan fingerprint density at radius 2 is 2.23 bits per heavy atom. The minimum Gasteiger partial charge on any atom is -0.267 e. The molecule has 0 amide bonds. The molecule has 0 radical (unpaired) electrons. The highest BCUT2D eigenvalue weighted by Gasteiger charge is 2.30. The topological polar surface area (TPSA) is 34.9 Å². The molecule has 1 heterocycles. The summed E-state index contributed by atoms with van der Waals surface area (Å²) in [5.41, 5.74) is 3.71. The first-order valence-corrected chi connectivity index (χ1v) is 8.10. The largest absolute Gasteiger partial charge is 0.280 e. The van der Waals surface area contributed by atoms with Crippen molar-refractivity contribution in [1.82, 2.24) is 9.78 Å². The first-order chi connectivity index (χ1) is 10.6. The molecule has 1 aliphatic carbocycles. The first-order valence-electron chi connectivity index (χ1n) is 7.28. The van der Waals surface area contributed by atoms with E-state index in [1.807, 2.05) is 19.1 Å². The van der Waals surface area contributed by atoms with E-state index in [1.165, 1.54) is 10.2 Å². The quantitative estimate of drug-likeness (QED) is 0.864. The molecule has 0 unspecified atom stereocenters. The number of carbonyl (C=O) groups excluding carboxylic acids is 1. The number of hydrogen-bond donors (Lipinski definition) is 0. The molecule has 0 saturated heterocycles. The molecule has 1 fully saturated rings. The molecular weight excluding hydrogens is 319 g/mol. The second-order valence-electron chi connectivity index (χ2n) is 5.47. The summed E-state index contributed by atoms with van der Waals surface area (Å²) in [6, 6.07) is 5.59. The molecule has 22 heavy (non-hydrogen) atoms. The van der Waals surface area contributed by atoms with Crippen molar-refractivity contribution in [3.8, 4) is 0 Å². The summed E-state index contributed by atoms with van der Waals surface area (Å²) in [6.45, 7) is 5.91. The molecular formula is C17H16Cl2N2O. The minimum atomic E-state index is -0.239. The number of rotatable bonds is 3. The van der Waals surface area contributed by atoms with Crippen molar-refractivity contribution in [2.24, 2.45) is 0 Å². The fourth-order valence-corrected chi connectivity index (χ4v) is 3.19. The van der Waals surface area contributed by atoms with Gasteiger partial charge in [0.25, 0.3) is 5.91 Å². The van der Waals surface area contributed by atoms with Gasteiger partial charge in [-0.15, -0.1) is 0 Å². The average molecular weight is 335 g/mol. The third-order valence-electron chi connectivity index (χ3n) is 4.01. The molecule has 5 heteroatoms. The molecule has 114 valence electrons. The van der Waals surface area contributed by atoms with Crippen LogP contribution in [0.2, 0.25) is 5.02 Å². The van der Waals surface area contributed by atoms with Crippen molar-refractivity contribution in [2.45, 2.75) is 32.1 Å². The Hall–Kier alpha value is -1.58. The van der Waals surface area contributed by atoms with Gasteiger partial charge in [-0.25, -0.2) is 0 Å². The second-order valence-corrected chi connectivity index (χ2v) is 6.09. The van der Waals surface area contributed by atoms with Gasteiger partial charge in [-0.05, 0) is 36.8 Å². The average Bonchev–Trinajstić information content (AvgIpc) is 3.30. The van der Waals surface area contributed by atoms with E-state index >= 15 is 0 Å². The van der Waals surface area contributed by atoms with Gasteiger partial charge >= 0.3 is 0 Å². The molecule has 2 aromatic rings. The van der Waals surface area contributed by atoms with Gasteiger partial charge in [-0.2, -0.15) is 9.78 Å². The molecule has 1 aromatic heterocycles. The van der Waals surface area contributed by atoms with Gasteiger partial charge in [0, 0.05) is 10.8 Å². The Balaban J connectivity index is 2.17. The number of carbonyl (C=O) groups is 1. The van der Waals surface area contributed by atoms with Gasteiger partial charge in [0.2, 0.25) is 0 Å². The van der Waals surface area contributed by atoms with Crippen molar-refractivity contribution in [1.29, 1.82) is 0 Å². The van der Waals surface area contributed by atoms with Crippen LogP contribution in [0.4, 0.5) is 0 Å². The molecule has 1 aromatic carbocycles. The van der Waals surface area contributed by atoms with E-state index in [0.29, 0.717) is 33.5 Å². The molecule has 3 nitrogen and oxygen atoms in total. The molecule has 0 bridgehead atoms. The van der Waals surface area contributed by atoms with Crippen LogP contribution in [0.25, 0.3) is 12.1 Å². The number of halogens is 2. The number of benzene rings is 1. The minimum absolute atomic E-state index is 0.239.